The predicted octanol–water partition coefficient (Wildman–Crippen LogP) is 2.55. The van der Waals surface area contributed by atoms with E-state index < -0.39 is 0 Å². The number of H-pyrrole nitrogens is 1. The van der Waals surface area contributed by atoms with Crippen LogP contribution < -0.4 is 5.32 Å². The number of hydrogen-bond acceptors (Lipinski definition) is 1. The molecule has 3 nitrogen and oxygen atoms in total. The molecule has 1 aliphatic rings. The van der Waals surface area contributed by atoms with Gasteiger partial charge in [-0.2, -0.15) is 0 Å². The third kappa shape index (κ3) is 1.93. The molecule has 2 aromatic rings. The molecule has 1 amide bonds. The van der Waals surface area contributed by atoms with E-state index in [1.807, 2.05) is 31.3 Å². The summed E-state index contributed by atoms with van der Waals surface area (Å²) >= 11 is 0. The Kier molecular flexibility index (Phi) is 2.39. The van der Waals surface area contributed by atoms with E-state index in [0.717, 1.165) is 29.3 Å². The quantitative estimate of drug-likeness (QED) is 0.833. The molecule has 1 aliphatic carbocycles. The summed E-state index contributed by atoms with van der Waals surface area (Å²) in [5.41, 5.74) is 2.17. The number of aromatic amines is 1. The number of fused-ring (bicyclic) bond motifs is 1. The number of benzene rings is 1. The summed E-state index contributed by atoms with van der Waals surface area (Å²) in [5.74, 6) is 0.0454. The van der Waals surface area contributed by atoms with Crippen LogP contribution in [0, 0.1) is 0 Å². The second-order valence-electron chi connectivity index (χ2n) is 4.79. The summed E-state index contributed by atoms with van der Waals surface area (Å²) in [7, 11) is 0. The molecule has 0 saturated heterocycles. The van der Waals surface area contributed by atoms with E-state index >= 15 is 0 Å². The van der Waals surface area contributed by atoms with E-state index in [1.54, 1.807) is 0 Å². The highest BCUT2D eigenvalue weighted by atomic mass is 16.1. The molecule has 3 rings (SSSR count). The Bertz CT molecular complexity index is 554. The van der Waals surface area contributed by atoms with Crippen molar-refractivity contribution in [2.75, 3.05) is 0 Å². The van der Waals surface area contributed by atoms with Gasteiger partial charge in [-0.15, -0.1) is 0 Å². The summed E-state index contributed by atoms with van der Waals surface area (Å²) in [6.45, 7) is 1.97. The molecule has 1 unspecified atom stereocenters. The normalized spacial score (nSPS) is 17.0. The Balaban J connectivity index is 1.89. The highest BCUT2D eigenvalue weighted by Crippen LogP contribution is 2.27. The van der Waals surface area contributed by atoms with Crippen molar-refractivity contribution >= 4 is 16.8 Å². The molecule has 1 fully saturated rings. The fraction of sp³-hybridized carbons (Fsp3) is 0.357. The number of carbonyl (C=O) groups is 1. The molecule has 3 heteroatoms. The molecule has 0 radical (unpaired) electrons. The monoisotopic (exact) mass is 228 g/mol. The number of hydrogen-bond donors (Lipinski definition) is 2. The van der Waals surface area contributed by atoms with E-state index in [4.69, 9.17) is 0 Å². The zero-order valence-electron chi connectivity index (χ0n) is 9.86. The van der Waals surface area contributed by atoms with Gasteiger partial charge in [-0.3, -0.25) is 4.79 Å². The van der Waals surface area contributed by atoms with Gasteiger partial charge in [0.15, 0.2) is 0 Å². The lowest BCUT2D eigenvalue weighted by Crippen LogP contribution is -2.29. The third-order valence-electron chi connectivity index (χ3n) is 3.40. The summed E-state index contributed by atoms with van der Waals surface area (Å²) in [5, 5.41) is 4.20. The van der Waals surface area contributed by atoms with Gasteiger partial charge < -0.3 is 10.3 Å². The maximum Gasteiger partial charge on any atom is 0.227 e. The molecule has 2 N–H and O–H groups in total. The maximum atomic E-state index is 12.0. The van der Waals surface area contributed by atoms with Crippen LogP contribution >= 0.6 is 0 Å². The van der Waals surface area contributed by atoms with Crippen LogP contribution in [0.25, 0.3) is 10.9 Å². The Hall–Kier alpha value is -1.77. The van der Waals surface area contributed by atoms with Crippen molar-refractivity contribution in [2.45, 2.75) is 31.7 Å². The molecular weight excluding hydrogens is 212 g/mol. The SMILES string of the molecule is CC(C(=O)NC1CC1)c1c[nH]c2ccccc12. The molecule has 88 valence electrons. The molecule has 0 aliphatic heterocycles. The fourth-order valence-corrected chi connectivity index (χ4v) is 2.15. The van der Waals surface area contributed by atoms with Gasteiger partial charge in [0.25, 0.3) is 0 Å². The average molecular weight is 228 g/mol. The number of rotatable bonds is 3. The van der Waals surface area contributed by atoms with Crippen LogP contribution in [0.15, 0.2) is 30.5 Å². The maximum absolute atomic E-state index is 12.0. The lowest BCUT2D eigenvalue weighted by Gasteiger charge is -2.10. The Morgan fingerprint density at radius 3 is 2.94 bits per heavy atom. The minimum atomic E-state index is -0.0910. The van der Waals surface area contributed by atoms with E-state index in [2.05, 4.69) is 16.4 Å². The predicted molar refractivity (Wildman–Crippen MR) is 67.9 cm³/mol. The topological polar surface area (TPSA) is 44.9 Å². The summed E-state index contributed by atoms with van der Waals surface area (Å²) < 4.78 is 0. The molecule has 1 heterocycles. The molecule has 1 saturated carbocycles. The first-order valence-corrected chi connectivity index (χ1v) is 6.12. The van der Waals surface area contributed by atoms with E-state index in [9.17, 15) is 4.79 Å². The lowest BCUT2D eigenvalue weighted by atomic mass is 10.00. The summed E-state index contributed by atoms with van der Waals surface area (Å²) in [4.78, 5) is 15.2. The largest absolute Gasteiger partial charge is 0.361 e. The Morgan fingerprint density at radius 1 is 1.41 bits per heavy atom. The summed E-state index contributed by atoms with van der Waals surface area (Å²) in [6, 6.07) is 8.52. The van der Waals surface area contributed by atoms with Gasteiger partial charge in [0.05, 0.1) is 5.92 Å². The van der Waals surface area contributed by atoms with E-state index in [1.165, 1.54) is 0 Å². The first-order valence-electron chi connectivity index (χ1n) is 6.12. The minimum Gasteiger partial charge on any atom is -0.361 e. The van der Waals surface area contributed by atoms with E-state index in [-0.39, 0.29) is 11.8 Å². The van der Waals surface area contributed by atoms with Gasteiger partial charge in [0, 0.05) is 23.1 Å². The first-order chi connectivity index (χ1) is 8.25. The average Bonchev–Trinajstić information content (AvgIpc) is 3.05. The molecular formula is C14H16N2O. The van der Waals surface area contributed by atoms with Gasteiger partial charge in [-0.1, -0.05) is 18.2 Å². The molecule has 17 heavy (non-hydrogen) atoms. The Morgan fingerprint density at radius 2 is 2.18 bits per heavy atom. The van der Waals surface area contributed by atoms with Crippen LogP contribution in [-0.2, 0) is 4.79 Å². The smallest absolute Gasteiger partial charge is 0.227 e. The fourth-order valence-electron chi connectivity index (χ4n) is 2.15. The molecule has 1 aromatic heterocycles. The number of carbonyl (C=O) groups excluding carboxylic acids is 1. The van der Waals surface area contributed by atoms with Crippen LogP contribution in [0.1, 0.15) is 31.2 Å². The van der Waals surface area contributed by atoms with Gasteiger partial charge >= 0.3 is 0 Å². The highest BCUT2D eigenvalue weighted by Gasteiger charge is 2.27. The molecule has 0 spiro atoms. The number of nitrogens with one attached hydrogen (secondary N) is 2. The highest BCUT2D eigenvalue weighted by molar-refractivity contribution is 5.91. The third-order valence-corrected chi connectivity index (χ3v) is 3.40. The zero-order valence-corrected chi connectivity index (χ0v) is 9.86. The van der Waals surface area contributed by atoms with Crippen LogP contribution in [0.2, 0.25) is 0 Å². The van der Waals surface area contributed by atoms with Crippen molar-refractivity contribution in [1.29, 1.82) is 0 Å². The van der Waals surface area contributed by atoms with Crippen molar-refractivity contribution in [3.05, 3.63) is 36.0 Å². The molecule has 1 atom stereocenters. The summed E-state index contributed by atoms with van der Waals surface area (Å²) in [6.07, 6.45) is 4.21. The van der Waals surface area contributed by atoms with Gasteiger partial charge in [0.2, 0.25) is 5.91 Å². The van der Waals surface area contributed by atoms with Crippen molar-refractivity contribution < 1.29 is 4.79 Å². The van der Waals surface area contributed by atoms with Crippen molar-refractivity contribution in [3.63, 3.8) is 0 Å². The van der Waals surface area contributed by atoms with Crippen molar-refractivity contribution in [3.8, 4) is 0 Å². The van der Waals surface area contributed by atoms with Gasteiger partial charge in [-0.05, 0) is 31.4 Å². The Labute approximate surface area is 100 Å². The first kappa shape index (κ1) is 10.4. The number of aromatic nitrogens is 1. The minimum absolute atomic E-state index is 0.0910. The van der Waals surface area contributed by atoms with Crippen molar-refractivity contribution in [1.82, 2.24) is 10.3 Å². The second-order valence-corrected chi connectivity index (χ2v) is 4.79. The molecule has 1 aromatic carbocycles. The van der Waals surface area contributed by atoms with E-state index in [0.29, 0.717) is 6.04 Å². The standard InChI is InChI=1S/C14H16N2O/c1-9(14(17)16-10-6-7-10)12-8-15-13-5-3-2-4-11(12)13/h2-5,8-10,15H,6-7H2,1H3,(H,16,17). The van der Waals surface area contributed by atoms with Gasteiger partial charge in [-0.25, -0.2) is 0 Å². The van der Waals surface area contributed by atoms with Crippen LogP contribution in [0.3, 0.4) is 0 Å². The second kappa shape index (κ2) is 3.91. The van der Waals surface area contributed by atoms with Crippen molar-refractivity contribution in [2.24, 2.45) is 0 Å². The zero-order chi connectivity index (χ0) is 11.8. The van der Waals surface area contributed by atoms with Crippen LogP contribution in [0.5, 0.6) is 0 Å². The van der Waals surface area contributed by atoms with Gasteiger partial charge in [0.1, 0.15) is 0 Å². The van der Waals surface area contributed by atoms with Crippen LogP contribution in [-0.4, -0.2) is 16.9 Å². The van der Waals surface area contributed by atoms with Crippen LogP contribution in [0.4, 0.5) is 0 Å². The molecule has 0 bridgehead atoms. The number of para-hydroxylation sites is 1. The lowest BCUT2D eigenvalue weighted by molar-refractivity contribution is -0.122. The number of amides is 1.